The summed E-state index contributed by atoms with van der Waals surface area (Å²) >= 11 is 0. The molecule has 0 amide bonds. The molecule has 0 N–H and O–H groups in total. The molecule has 1 aliphatic carbocycles. The van der Waals surface area contributed by atoms with E-state index in [1.165, 1.54) is 137 Å². The fraction of sp³-hybridized carbons (Fsp3) is 0.156. The number of rotatable bonds is 5. The van der Waals surface area contributed by atoms with Crippen LogP contribution in [-0.2, 0) is 5.41 Å². The van der Waals surface area contributed by atoms with Gasteiger partial charge in [-0.2, -0.15) is 0 Å². The monoisotopic (exact) mass is 888 g/mol. The van der Waals surface area contributed by atoms with E-state index in [1.54, 1.807) is 0 Å². The molecule has 0 saturated heterocycles. The minimum absolute atomic E-state index is 0.0178. The zero-order valence-electron chi connectivity index (χ0n) is 39.5. The van der Waals surface area contributed by atoms with Gasteiger partial charge in [-0.1, -0.05) is 143 Å². The fourth-order valence-corrected chi connectivity index (χ4v) is 12.6. The minimum atomic E-state index is -0.0178. The third-order valence-electron chi connectivity index (χ3n) is 15.8. The van der Waals surface area contributed by atoms with Crippen molar-refractivity contribution in [1.29, 1.82) is 0 Å². The van der Waals surface area contributed by atoms with Gasteiger partial charge in [0, 0.05) is 67.0 Å². The van der Waals surface area contributed by atoms with Crippen molar-refractivity contribution in [2.75, 3.05) is 9.80 Å². The first-order valence-electron chi connectivity index (χ1n) is 25.1. The number of benzene rings is 9. The highest BCUT2D eigenvalue weighted by Crippen LogP contribution is 2.48. The van der Waals surface area contributed by atoms with Gasteiger partial charge >= 0.3 is 0 Å². The number of hydrogen-bond donors (Lipinski definition) is 0. The molecule has 1 saturated carbocycles. The maximum atomic E-state index is 2.61. The smallest absolute Gasteiger partial charge is 0.252 e. The van der Waals surface area contributed by atoms with Crippen LogP contribution in [-0.4, -0.2) is 15.8 Å². The lowest BCUT2D eigenvalue weighted by molar-refractivity contribution is 0.444. The first-order chi connectivity index (χ1) is 33.9. The first-order valence-corrected chi connectivity index (χ1v) is 25.1. The maximum absolute atomic E-state index is 2.61. The third kappa shape index (κ3) is 6.15. The van der Waals surface area contributed by atoms with Crippen LogP contribution in [0.3, 0.4) is 0 Å². The van der Waals surface area contributed by atoms with E-state index >= 15 is 0 Å². The molecule has 1 fully saturated rings. The molecule has 4 nitrogen and oxygen atoms in total. The summed E-state index contributed by atoms with van der Waals surface area (Å²) in [5.74, 6) is 0.514. The Morgan fingerprint density at radius 3 is 1.29 bits per heavy atom. The number of aromatic nitrogens is 2. The molecule has 0 bridgehead atoms. The normalized spacial score (nSPS) is 14.7. The highest BCUT2D eigenvalue weighted by molar-refractivity contribution is 7.00. The second-order valence-electron chi connectivity index (χ2n) is 20.8. The molecule has 11 aromatic rings. The molecule has 9 aromatic carbocycles. The van der Waals surface area contributed by atoms with Gasteiger partial charge in [-0.3, -0.25) is 0 Å². The van der Waals surface area contributed by atoms with Crippen molar-refractivity contribution in [2.24, 2.45) is 0 Å². The van der Waals surface area contributed by atoms with Crippen molar-refractivity contribution < 1.29 is 0 Å². The Bertz CT molecular complexity index is 3700. The summed E-state index contributed by atoms with van der Waals surface area (Å²) in [4.78, 5) is 5.20. The van der Waals surface area contributed by atoms with Crippen molar-refractivity contribution in [2.45, 2.75) is 64.2 Å². The van der Waals surface area contributed by atoms with E-state index < -0.39 is 0 Å². The van der Waals surface area contributed by atoms with Crippen molar-refractivity contribution in [1.82, 2.24) is 9.13 Å². The molecule has 4 heterocycles. The minimum Gasteiger partial charge on any atom is -0.311 e. The Morgan fingerprint density at radius 1 is 0.391 bits per heavy atom. The summed E-state index contributed by atoms with van der Waals surface area (Å²) in [6.45, 7) is 7.10. The van der Waals surface area contributed by atoms with E-state index in [4.69, 9.17) is 0 Å². The Balaban J connectivity index is 0.986. The van der Waals surface area contributed by atoms with Crippen LogP contribution >= 0.6 is 0 Å². The molecule has 332 valence electrons. The summed E-state index contributed by atoms with van der Waals surface area (Å²) in [5.41, 5.74) is 21.5. The molecule has 0 radical (unpaired) electrons. The van der Waals surface area contributed by atoms with E-state index in [9.17, 15) is 0 Å². The van der Waals surface area contributed by atoms with E-state index in [-0.39, 0.29) is 12.1 Å². The zero-order valence-corrected chi connectivity index (χ0v) is 39.5. The van der Waals surface area contributed by atoms with Crippen LogP contribution in [0.2, 0.25) is 0 Å². The lowest BCUT2D eigenvalue weighted by Gasteiger charge is -2.45. The van der Waals surface area contributed by atoms with Crippen LogP contribution in [0.15, 0.2) is 200 Å². The van der Waals surface area contributed by atoms with E-state index in [2.05, 4.69) is 240 Å². The van der Waals surface area contributed by atoms with Gasteiger partial charge in [0.15, 0.2) is 0 Å². The van der Waals surface area contributed by atoms with Gasteiger partial charge in [-0.25, -0.2) is 0 Å². The molecule has 69 heavy (non-hydrogen) atoms. The van der Waals surface area contributed by atoms with Gasteiger partial charge in [0.1, 0.15) is 0 Å². The zero-order chi connectivity index (χ0) is 46.0. The predicted molar refractivity (Wildman–Crippen MR) is 294 cm³/mol. The molecular formula is C64H53BN4. The lowest BCUT2D eigenvalue weighted by Crippen LogP contribution is -2.61. The Kier molecular flexibility index (Phi) is 8.99. The molecule has 5 heteroatoms. The molecule has 0 unspecified atom stereocenters. The summed E-state index contributed by atoms with van der Waals surface area (Å²) in [6, 6.07) is 75.8. The van der Waals surface area contributed by atoms with Gasteiger partial charge < -0.3 is 18.9 Å². The second-order valence-corrected chi connectivity index (χ2v) is 20.8. The Labute approximate surface area is 404 Å². The third-order valence-corrected chi connectivity index (χ3v) is 15.8. The van der Waals surface area contributed by atoms with Gasteiger partial charge in [0.2, 0.25) is 0 Å². The van der Waals surface area contributed by atoms with Gasteiger partial charge in [0.05, 0.1) is 22.1 Å². The van der Waals surface area contributed by atoms with Crippen molar-refractivity contribution in [3.05, 3.63) is 211 Å². The number of hydrogen-bond acceptors (Lipinski definition) is 2. The first kappa shape index (κ1) is 40.3. The largest absolute Gasteiger partial charge is 0.311 e. The van der Waals surface area contributed by atoms with Crippen LogP contribution in [0.5, 0.6) is 0 Å². The van der Waals surface area contributed by atoms with Crippen molar-refractivity contribution >= 4 is 101 Å². The van der Waals surface area contributed by atoms with Crippen LogP contribution in [0.4, 0.5) is 34.1 Å². The highest BCUT2D eigenvalue weighted by Gasteiger charge is 2.44. The molecule has 2 aliphatic heterocycles. The van der Waals surface area contributed by atoms with Crippen LogP contribution < -0.4 is 26.2 Å². The number of nitrogens with zero attached hydrogens (tertiary/aromatic N) is 4. The molecule has 0 spiro atoms. The van der Waals surface area contributed by atoms with Gasteiger partial charge in [-0.15, -0.1) is 0 Å². The molecule has 14 rings (SSSR count). The topological polar surface area (TPSA) is 16.3 Å². The summed E-state index contributed by atoms with van der Waals surface area (Å²) in [6.07, 6.45) is 6.34. The SMILES string of the molecule is CC(C)(C)c1ccc2c(c1)B1c3ccccc3N(c3ccc(-n4c5ccccc5c5ccccc54)cc3)c3cc(C4CCCCC4)cc(c31)N2c1ccc(-n2c3ccccc3c3ccccc32)cc1. The quantitative estimate of drug-likeness (QED) is 0.160. The van der Waals surface area contributed by atoms with E-state index in [0.29, 0.717) is 5.92 Å². The lowest BCUT2D eigenvalue weighted by atomic mass is 9.33. The summed E-state index contributed by atoms with van der Waals surface area (Å²) in [5, 5.41) is 5.11. The van der Waals surface area contributed by atoms with Crippen LogP contribution in [0.1, 0.15) is 69.9 Å². The molecular weight excluding hydrogens is 836 g/mol. The summed E-state index contributed by atoms with van der Waals surface area (Å²) < 4.78 is 4.85. The predicted octanol–water partition coefficient (Wildman–Crippen LogP) is 15.3. The number of fused-ring (bicyclic) bond motifs is 10. The standard InChI is InChI=1S/C64H53BN4/c1-64(2,3)44-29-38-60-54(41-44)65-53-23-11-16-28-59(53)68(47-34-30-45(31-35-47)66-55-24-12-7-19-49(55)50-20-8-13-25-56(50)66)61-39-43(42-17-5-4-6-18-42)40-62(63(61)65)69(60)48-36-32-46(33-37-48)67-57-26-14-9-21-51(57)52-22-10-15-27-58(52)67/h7-16,19-42H,4-6,17-18H2,1-3H3. The van der Waals surface area contributed by atoms with Crippen molar-refractivity contribution in [3.8, 4) is 11.4 Å². The van der Waals surface area contributed by atoms with Gasteiger partial charge in [0.25, 0.3) is 6.71 Å². The summed E-state index contributed by atoms with van der Waals surface area (Å²) in [7, 11) is 0. The van der Waals surface area contributed by atoms with E-state index in [1.807, 2.05) is 0 Å². The molecule has 3 aliphatic rings. The van der Waals surface area contributed by atoms with E-state index in [0.717, 1.165) is 11.4 Å². The average molecular weight is 889 g/mol. The maximum Gasteiger partial charge on any atom is 0.252 e. The number of para-hydroxylation sites is 5. The Morgan fingerprint density at radius 2 is 0.812 bits per heavy atom. The number of anilines is 6. The highest BCUT2D eigenvalue weighted by atomic mass is 15.2. The van der Waals surface area contributed by atoms with Gasteiger partial charge in [-0.05, 0) is 149 Å². The average Bonchev–Trinajstić information content (AvgIpc) is 3.92. The molecule has 2 aromatic heterocycles. The van der Waals surface area contributed by atoms with Crippen LogP contribution in [0.25, 0.3) is 55.0 Å². The Hall–Kier alpha value is -7.76. The van der Waals surface area contributed by atoms with Crippen molar-refractivity contribution in [3.63, 3.8) is 0 Å². The van der Waals surface area contributed by atoms with Crippen LogP contribution in [0, 0.1) is 0 Å². The second kappa shape index (κ2) is 15.4. The molecule has 0 atom stereocenters. The fourth-order valence-electron chi connectivity index (χ4n) is 12.6.